The Labute approximate surface area is 305 Å². The van der Waals surface area contributed by atoms with Crippen molar-refractivity contribution in [3.05, 3.63) is 65.4 Å². The standard InChI is InChI=1S/C36H38S9/c1-4-7-17-38-27-16-21-41-34(27)28-14-12-25(42-28)26-13-15-29(43-26)35-32(40-19-9-6-3)23-33(45-35)36-31(39-18-8-5-2)22-30(44-36)24-11-10-20-37-24/h10-16,20-23H,4-9,17-19H2,1-3H3. The summed E-state index contributed by atoms with van der Waals surface area (Å²) in [6.07, 6.45) is 7.52. The smallest absolute Gasteiger partial charge is 0.0585 e. The molecule has 45 heavy (non-hydrogen) atoms. The van der Waals surface area contributed by atoms with E-state index in [1.165, 1.54) is 119 Å². The van der Waals surface area contributed by atoms with Crippen molar-refractivity contribution in [1.29, 1.82) is 0 Å². The van der Waals surface area contributed by atoms with Gasteiger partial charge in [-0.1, -0.05) is 46.1 Å². The van der Waals surface area contributed by atoms with Crippen LogP contribution in [0.3, 0.4) is 0 Å². The van der Waals surface area contributed by atoms with Crippen LogP contribution in [0.4, 0.5) is 0 Å². The van der Waals surface area contributed by atoms with Gasteiger partial charge in [-0.05, 0) is 95.8 Å². The average Bonchev–Trinajstić information content (AvgIpc) is 3.88. The predicted molar refractivity (Wildman–Crippen MR) is 218 cm³/mol. The monoisotopic (exact) mass is 758 g/mol. The van der Waals surface area contributed by atoms with Crippen molar-refractivity contribution in [3.63, 3.8) is 0 Å². The summed E-state index contributed by atoms with van der Waals surface area (Å²) in [5, 5.41) is 4.45. The number of unbranched alkanes of at least 4 members (excludes halogenated alkanes) is 3. The van der Waals surface area contributed by atoms with Gasteiger partial charge in [0.25, 0.3) is 0 Å². The fraction of sp³-hybridized carbons (Fsp3) is 0.333. The fourth-order valence-electron chi connectivity index (χ4n) is 4.71. The maximum Gasteiger partial charge on any atom is 0.0585 e. The molecule has 0 bridgehead atoms. The number of hydrogen-bond acceptors (Lipinski definition) is 9. The normalized spacial score (nSPS) is 11.6. The van der Waals surface area contributed by atoms with Gasteiger partial charge in [0, 0.05) is 48.8 Å². The first-order chi connectivity index (χ1) is 22.2. The first-order valence-corrected chi connectivity index (χ1v) is 23.6. The van der Waals surface area contributed by atoms with E-state index in [2.05, 4.69) is 86.1 Å². The minimum absolute atomic E-state index is 1.18. The lowest BCUT2D eigenvalue weighted by atomic mass is 10.3. The summed E-state index contributed by atoms with van der Waals surface area (Å²) in [6.45, 7) is 6.86. The lowest BCUT2D eigenvalue weighted by Gasteiger charge is -2.01. The maximum atomic E-state index is 2.51. The Morgan fingerprint density at radius 1 is 0.444 bits per heavy atom. The highest BCUT2D eigenvalue weighted by molar-refractivity contribution is 8.00. The Balaban J connectivity index is 1.30. The Morgan fingerprint density at radius 2 is 0.978 bits per heavy atom. The minimum Gasteiger partial charge on any atom is -0.143 e. The van der Waals surface area contributed by atoms with E-state index in [4.69, 9.17) is 0 Å². The quantitative estimate of drug-likeness (QED) is 0.0671. The maximum absolute atomic E-state index is 2.51. The van der Waals surface area contributed by atoms with Crippen molar-refractivity contribution in [2.45, 2.75) is 74.0 Å². The van der Waals surface area contributed by atoms with E-state index in [1.54, 1.807) is 0 Å². The summed E-state index contributed by atoms with van der Waals surface area (Å²) in [4.78, 5) is 18.4. The molecule has 0 nitrogen and oxygen atoms in total. The first-order valence-electron chi connectivity index (χ1n) is 15.7. The highest BCUT2D eigenvalue weighted by Crippen LogP contribution is 2.52. The molecule has 0 fully saturated rings. The van der Waals surface area contributed by atoms with Crippen molar-refractivity contribution < 1.29 is 0 Å². The van der Waals surface area contributed by atoms with Crippen LogP contribution in [0, 0.1) is 0 Å². The largest absolute Gasteiger partial charge is 0.143 e. The average molecular weight is 759 g/mol. The second kappa shape index (κ2) is 17.1. The number of thiophene rings is 6. The highest BCUT2D eigenvalue weighted by Gasteiger charge is 2.21. The van der Waals surface area contributed by atoms with E-state index in [0.717, 1.165) is 0 Å². The molecule has 0 saturated carbocycles. The van der Waals surface area contributed by atoms with E-state index >= 15 is 0 Å². The van der Waals surface area contributed by atoms with Gasteiger partial charge in [0.15, 0.2) is 0 Å². The third kappa shape index (κ3) is 8.46. The van der Waals surface area contributed by atoms with Gasteiger partial charge in [-0.25, -0.2) is 0 Å². The summed E-state index contributed by atoms with van der Waals surface area (Å²) >= 11 is 17.7. The van der Waals surface area contributed by atoms with E-state index in [9.17, 15) is 0 Å². The van der Waals surface area contributed by atoms with E-state index < -0.39 is 0 Å². The van der Waals surface area contributed by atoms with Crippen molar-refractivity contribution in [1.82, 2.24) is 0 Å². The molecular formula is C36H38S9. The van der Waals surface area contributed by atoms with Crippen LogP contribution in [0.25, 0.3) is 48.8 Å². The molecule has 0 aliphatic rings. The Kier molecular flexibility index (Phi) is 12.9. The Morgan fingerprint density at radius 3 is 1.58 bits per heavy atom. The summed E-state index contributed by atoms with van der Waals surface area (Å²) in [5.41, 5.74) is 0. The van der Waals surface area contributed by atoms with Crippen LogP contribution >= 0.6 is 103 Å². The molecular weight excluding hydrogens is 721 g/mol. The van der Waals surface area contributed by atoms with Crippen LogP contribution in [0.15, 0.2) is 80.0 Å². The molecule has 236 valence electrons. The van der Waals surface area contributed by atoms with Gasteiger partial charge in [0.05, 0.1) is 14.6 Å². The molecule has 0 atom stereocenters. The van der Waals surface area contributed by atoms with Crippen molar-refractivity contribution in [3.8, 4) is 48.8 Å². The van der Waals surface area contributed by atoms with Crippen LogP contribution < -0.4 is 0 Å². The molecule has 6 heterocycles. The van der Waals surface area contributed by atoms with Crippen molar-refractivity contribution in [2.24, 2.45) is 0 Å². The van der Waals surface area contributed by atoms with Gasteiger partial charge in [0.2, 0.25) is 0 Å². The second-order valence-electron chi connectivity index (χ2n) is 10.6. The van der Waals surface area contributed by atoms with Crippen molar-refractivity contribution in [2.75, 3.05) is 17.3 Å². The van der Waals surface area contributed by atoms with Crippen molar-refractivity contribution >= 4 is 103 Å². The molecule has 0 spiro atoms. The van der Waals surface area contributed by atoms with Gasteiger partial charge < -0.3 is 0 Å². The summed E-state index contributed by atoms with van der Waals surface area (Å²) in [7, 11) is 0. The molecule has 0 aromatic carbocycles. The molecule has 0 saturated heterocycles. The van der Waals surface area contributed by atoms with E-state index in [-0.39, 0.29) is 0 Å². The number of thioether (sulfide) groups is 3. The lowest BCUT2D eigenvalue weighted by Crippen LogP contribution is -1.78. The molecule has 6 rings (SSSR count). The Hall–Kier alpha value is -0.750. The van der Waals surface area contributed by atoms with Crippen LogP contribution in [0.5, 0.6) is 0 Å². The molecule has 0 unspecified atom stereocenters. The summed E-state index contributed by atoms with van der Waals surface area (Å²) < 4.78 is 0. The molecule has 6 aromatic rings. The fourth-order valence-corrected chi connectivity index (χ4v) is 15.5. The Bertz CT molecular complexity index is 1750. The molecule has 0 N–H and O–H groups in total. The zero-order valence-corrected chi connectivity index (χ0v) is 33.2. The van der Waals surface area contributed by atoms with Crippen LogP contribution in [-0.4, -0.2) is 17.3 Å². The van der Waals surface area contributed by atoms with Crippen LogP contribution in [0.2, 0.25) is 0 Å². The topological polar surface area (TPSA) is 0 Å². The molecule has 0 aliphatic heterocycles. The van der Waals surface area contributed by atoms with E-state index in [0.29, 0.717) is 0 Å². The molecule has 0 amide bonds. The number of hydrogen-bond donors (Lipinski definition) is 0. The number of rotatable bonds is 17. The molecule has 6 aromatic heterocycles. The second-order valence-corrected chi connectivity index (χ2v) is 20.2. The van der Waals surface area contributed by atoms with Gasteiger partial charge in [-0.15, -0.1) is 103 Å². The van der Waals surface area contributed by atoms with Gasteiger partial charge in [0.1, 0.15) is 0 Å². The molecule has 9 heteroatoms. The third-order valence-corrected chi connectivity index (χ3v) is 18.1. The van der Waals surface area contributed by atoms with Gasteiger partial charge in [-0.3, -0.25) is 0 Å². The van der Waals surface area contributed by atoms with Gasteiger partial charge >= 0.3 is 0 Å². The predicted octanol–water partition coefficient (Wildman–Crippen LogP) is 16.1. The van der Waals surface area contributed by atoms with E-state index in [1.807, 2.05) is 103 Å². The zero-order chi connectivity index (χ0) is 31.0. The molecule has 0 aliphatic carbocycles. The lowest BCUT2D eigenvalue weighted by molar-refractivity contribution is 0.896. The summed E-state index contributed by atoms with van der Waals surface area (Å²) in [6, 6.07) is 21.1. The van der Waals surface area contributed by atoms with Crippen LogP contribution in [0.1, 0.15) is 59.3 Å². The third-order valence-electron chi connectivity index (χ3n) is 7.18. The minimum atomic E-state index is 1.18. The van der Waals surface area contributed by atoms with Gasteiger partial charge in [-0.2, -0.15) is 0 Å². The summed E-state index contributed by atoms with van der Waals surface area (Å²) in [5.74, 6) is 3.56. The zero-order valence-electron chi connectivity index (χ0n) is 25.9. The highest BCUT2D eigenvalue weighted by atomic mass is 32.2. The van der Waals surface area contributed by atoms with Crippen LogP contribution in [-0.2, 0) is 0 Å². The molecule has 0 radical (unpaired) electrons. The first kappa shape index (κ1) is 34.1. The SMILES string of the molecule is CCCCSc1ccsc1-c1ccc(-c2ccc(-c3sc(-c4sc(-c5cccs5)cc4SCCCC)cc3SCCCC)s2)s1.